The van der Waals surface area contributed by atoms with Crippen molar-refractivity contribution in [3.63, 3.8) is 0 Å². The van der Waals surface area contributed by atoms with Crippen LogP contribution in [0.5, 0.6) is 0 Å². The summed E-state index contributed by atoms with van der Waals surface area (Å²) in [6.45, 7) is 5.01. The molecule has 0 bridgehead atoms. The van der Waals surface area contributed by atoms with E-state index in [0.717, 1.165) is 5.56 Å². The number of nitrogens with zero attached hydrogens (tertiary/aromatic N) is 2. The van der Waals surface area contributed by atoms with E-state index in [1.807, 2.05) is 12.1 Å². The monoisotopic (exact) mass is 389 g/mol. The Morgan fingerprint density at radius 3 is 2.70 bits per heavy atom. The molecule has 0 saturated heterocycles. The van der Waals surface area contributed by atoms with Crippen molar-refractivity contribution in [3.8, 4) is 11.1 Å². The Bertz CT molecular complexity index is 994. The first-order valence-corrected chi connectivity index (χ1v) is 8.64. The number of rotatable bonds is 3. The average Bonchev–Trinajstić information content (AvgIpc) is 3.02. The fraction of sp³-hybridized carbons (Fsp3) is 0.263. The molecule has 0 aliphatic carbocycles. The molecule has 0 aliphatic rings. The van der Waals surface area contributed by atoms with E-state index >= 15 is 0 Å². The van der Waals surface area contributed by atoms with Gasteiger partial charge in [-0.2, -0.15) is 9.99 Å². The number of hydrazine groups is 1. The van der Waals surface area contributed by atoms with Crippen molar-refractivity contribution in [1.82, 2.24) is 4.98 Å². The van der Waals surface area contributed by atoms with Crippen LogP contribution in [0.25, 0.3) is 22.2 Å². The van der Waals surface area contributed by atoms with E-state index in [1.165, 1.54) is 0 Å². The highest BCUT2D eigenvalue weighted by molar-refractivity contribution is 6.30. The number of aromatic nitrogens is 1. The summed E-state index contributed by atoms with van der Waals surface area (Å²) in [5.41, 5.74) is 2.28. The quantitative estimate of drug-likeness (QED) is 0.394. The molecule has 142 valence electrons. The second kappa shape index (κ2) is 7.19. The van der Waals surface area contributed by atoms with Crippen LogP contribution in [0.1, 0.15) is 26.3 Å². The minimum absolute atomic E-state index is 0.113. The predicted molar refractivity (Wildman–Crippen MR) is 103 cm³/mol. The highest BCUT2D eigenvalue weighted by Crippen LogP contribution is 2.33. The number of hydrogen-bond donors (Lipinski definition) is 2. The van der Waals surface area contributed by atoms with Gasteiger partial charge in [-0.05, 0) is 56.2 Å². The largest absolute Gasteiger partial charge is 0.442 e. The van der Waals surface area contributed by atoms with Gasteiger partial charge in [0.2, 0.25) is 0 Å². The summed E-state index contributed by atoms with van der Waals surface area (Å²) in [6.07, 6.45) is -0.791. The summed E-state index contributed by atoms with van der Waals surface area (Å²) in [4.78, 5) is 16.5. The third kappa shape index (κ3) is 4.21. The van der Waals surface area contributed by atoms with Gasteiger partial charge in [-0.3, -0.25) is 0 Å². The molecule has 2 aromatic carbocycles. The maximum Gasteiger partial charge on any atom is 0.433 e. The maximum atomic E-state index is 12.2. The van der Waals surface area contributed by atoms with Crippen LogP contribution in [0, 0.1) is 0 Å². The number of oxazole rings is 1. The Labute approximate surface area is 161 Å². The molecule has 0 aliphatic heterocycles. The number of hydrogen-bond acceptors (Lipinski definition) is 6. The number of aliphatic hydroxyl groups excluding tert-OH is 1. The van der Waals surface area contributed by atoms with Crippen molar-refractivity contribution in [2.24, 2.45) is 5.84 Å². The number of halogens is 1. The van der Waals surface area contributed by atoms with E-state index in [1.54, 1.807) is 45.0 Å². The fourth-order valence-corrected chi connectivity index (χ4v) is 2.72. The second-order valence-electron chi connectivity index (χ2n) is 7.01. The number of aliphatic hydroxyl groups is 1. The van der Waals surface area contributed by atoms with E-state index in [4.69, 9.17) is 26.6 Å². The molecule has 3 rings (SSSR count). The van der Waals surface area contributed by atoms with Gasteiger partial charge in [0.25, 0.3) is 0 Å². The lowest BCUT2D eigenvalue weighted by molar-refractivity contribution is 0.0573. The third-order valence-electron chi connectivity index (χ3n) is 3.66. The highest BCUT2D eigenvalue weighted by Gasteiger charge is 2.25. The molecule has 8 heteroatoms. The zero-order valence-corrected chi connectivity index (χ0v) is 15.9. The van der Waals surface area contributed by atoms with E-state index in [9.17, 15) is 9.90 Å². The molecule has 1 amide bonds. The Balaban J connectivity index is 2.09. The summed E-state index contributed by atoms with van der Waals surface area (Å²) in [7, 11) is 0. The number of fused-ring (bicyclic) bond motifs is 1. The van der Waals surface area contributed by atoms with Gasteiger partial charge in [0.05, 0.1) is 6.61 Å². The van der Waals surface area contributed by atoms with Crippen molar-refractivity contribution in [2.45, 2.75) is 33.0 Å². The standard InChI is InChI=1S/C19H20ClN3O4/c1-19(2,3)27-18(25)23(21)17-22-16-14(12-5-4-6-13(20)9-12)7-11(10-24)8-15(16)26-17/h4-9,24H,10,21H2,1-3H3. The van der Waals surface area contributed by atoms with Crippen LogP contribution in [-0.2, 0) is 11.3 Å². The van der Waals surface area contributed by atoms with E-state index < -0.39 is 11.7 Å². The number of amides is 1. The van der Waals surface area contributed by atoms with Crippen LogP contribution in [0.15, 0.2) is 40.8 Å². The number of carbonyl (C=O) groups is 1. The van der Waals surface area contributed by atoms with Crippen LogP contribution in [0.2, 0.25) is 5.02 Å². The van der Waals surface area contributed by atoms with Crippen LogP contribution in [0.3, 0.4) is 0 Å². The van der Waals surface area contributed by atoms with Gasteiger partial charge in [-0.1, -0.05) is 23.7 Å². The predicted octanol–water partition coefficient (Wildman–Crippen LogP) is 4.26. The highest BCUT2D eigenvalue weighted by atomic mass is 35.5. The molecule has 0 unspecified atom stereocenters. The molecule has 7 nitrogen and oxygen atoms in total. The molecule has 0 saturated carbocycles. The second-order valence-corrected chi connectivity index (χ2v) is 7.44. The molecule has 1 aromatic heterocycles. The topological polar surface area (TPSA) is 102 Å². The number of benzene rings is 2. The van der Waals surface area contributed by atoms with Gasteiger partial charge < -0.3 is 14.3 Å². The van der Waals surface area contributed by atoms with Gasteiger partial charge in [0.1, 0.15) is 11.1 Å². The molecule has 3 aromatic rings. The summed E-state index contributed by atoms with van der Waals surface area (Å²) in [6, 6.07) is 10.5. The normalized spacial score (nSPS) is 11.6. The lowest BCUT2D eigenvalue weighted by Gasteiger charge is -2.22. The first-order valence-electron chi connectivity index (χ1n) is 8.26. The SMILES string of the molecule is CC(C)(C)OC(=O)N(N)c1nc2c(-c3cccc(Cl)c3)cc(CO)cc2o1. The lowest BCUT2D eigenvalue weighted by atomic mass is 10.0. The molecule has 3 N–H and O–H groups in total. The van der Waals surface area contributed by atoms with Crippen molar-refractivity contribution in [2.75, 3.05) is 5.01 Å². The van der Waals surface area contributed by atoms with Gasteiger partial charge in [0.15, 0.2) is 5.58 Å². The van der Waals surface area contributed by atoms with Gasteiger partial charge in [-0.25, -0.2) is 10.6 Å². The number of ether oxygens (including phenoxy) is 1. The van der Waals surface area contributed by atoms with E-state index in [0.29, 0.717) is 32.3 Å². The fourth-order valence-electron chi connectivity index (χ4n) is 2.53. The average molecular weight is 390 g/mol. The smallest absolute Gasteiger partial charge is 0.433 e. The molecular formula is C19H20ClN3O4. The Kier molecular flexibility index (Phi) is 5.10. The van der Waals surface area contributed by atoms with Gasteiger partial charge in [0, 0.05) is 10.6 Å². The molecule has 0 fully saturated rings. The summed E-state index contributed by atoms with van der Waals surface area (Å²) < 4.78 is 10.9. The first-order chi connectivity index (χ1) is 12.7. The van der Waals surface area contributed by atoms with Crippen LogP contribution >= 0.6 is 11.6 Å². The summed E-state index contributed by atoms with van der Waals surface area (Å²) in [5, 5.41) is 10.8. The van der Waals surface area contributed by atoms with Crippen molar-refractivity contribution in [1.29, 1.82) is 0 Å². The minimum atomic E-state index is -0.791. The van der Waals surface area contributed by atoms with Crippen molar-refractivity contribution >= 4 is 34.8 Å². The van der Waals surface area contributed by atoms with E-state index in [2.05, 4.69) is 4.98 Å². The Morgan fingerprint density at radius 2 is 2.07 bits per heavy atom. The van der Waals surface area contributed by atoms with E-state index in [-0.39, 0.29) is 12.6 Å². The van der Waals surface area contributed by atoms with Gasteiger partial charge >= 0.3 is 12.1 Å². The lowest BCUT2D eigenvalue weighted by Crippen LogP contribution is -2.41. The van der Waals surface area contributed by atoms with Crippen molar-refractivity contribution < 1.29 is 19.1 Å². The number of carbonyl (C=O) groups excluding carboxylic acids is 1. The summed E-state index contributed by atoms with van der Waals surface area (Å²) in [5.74, 6) is 5.83. The first kappa shape index (κ1) is 19.2. The third-order valence-corrected chi connectivity index (χ3v) is 3.89. The molecule has 27 heavy (non-hydrogen) atoms. The van der Waals surface area contributed by atoms with Crippen LogP contribution < -0.4 is 10.9 Å². The number of anilines is 1. The molecular weight excluding hydrogens is 370 g/mol. The van der Waals surface area contributed by atoms with Crippen LogP contribution in [0.4, 0.5) is 10.8 Å². The zero-order valence-electron chi connectivity index (χ0n) is 15.2. The summed E-state index contributed by atoms with van der Waals surface area (Å²) >= 11 is 6.10. The number of nitrogens with two attached hydrogens (primary N) is 1. The van der Waals surface area contributed by atoms with Gasteiger partial charge in [-0.15, -0.1) is 0 Å². The minimum Gasteiger partial charge on any atom is -0.442 e. The molecule has 1 heterocycles. The van der Waals surface area contributed by atoms with Crippen LogP contribution in [-0.4, -0.2) is 21.8 Å². The Hall–Kier alpha value is -2.61. The molecule has 0 atom stereocenters. The maximum absolute atomic E-state index is 12.2. The molecule has 0 spiro atoms. The zero-order chi connectivity index (χ0) is 19.8. The molecule has 0 radical (unpaired) electrons. The Morgan fingerprint density at radius 1 is 1.33 bits per heavy atom. The van der Waals surface area contributed by atoms with Crippen molar-refractivity contribution in [3.05, 3.63) is 47.0 Å².